The molecule has 0 atom stereocenters. The van der Waals surface area contributed by atoms with Crippen molar-refractivity contribution in [2.45, 2.75) is 26.3 Å². The van der Waals surface area contributed by atoms with E-state index in [2.05, 4.69) is 5.32 Å². The monoisotopic (exact) mass is 504 g/mol. The summed E-state index contributed by atoms with van der Waals surface area (Å²) in [4.78, 5) is 32.0. The maximum atomic E-state index is 13.3. The number of halogens is 1. The Balaban J connectivity index is 1.36. The predicted octanol–water partition coefficient (Wildman–Crippen LogP) is 4.87. The van der Waals surface area contributed by atoms with Gasteiger partial charge in [0.15, 0.2) is 6.61 Å². The Kier molecular flexibility index (Phi) is 8.57. The molecule has 186 valence electrons. The molecule has 7 nitrogen and oxygen atoms in total. The highest BCUT2D eigenvalue weighted by molar-refractivity contribution is 6.30. The summed E-state index contributed by atoms with van der Waals surface area (Å²) in [5, 5.41) is 3.49. The summed E-state index contributed by atoms with van der Waals surface area (Å²) < 4.78 is 7.46. The normalized spacial score (nSPS) is 10.8. The van der Waals surface area contributed by atoms with Gasteiger partial charge in [0, 0.05) is 30.2 Å². The Morgan fingerprint density at radius 2 is 1.72 bits per heavy atom. The van der Waals surface area contributed by atoms with E-state index in [1.165, 1.54) is 0 Å². The van der Waals surface area contributed by atoms with Crippen LogP contribution in [0, 0.1) is 0 Å². The van der Waals surface area contributed by atoms with Gasteiger partial charge in [0.1, 0.15) is 18.1 Å². The molecular weight excluding hydrogens is 476 g/mol. The van der Waals surface area contributed by atoms with E-state index in [0.717, 1.165) is 22.5 Å². The molecule has 0 aliphatic rings. The van der Waals surface area contributed by atoms with Gasteiger partial charge in [-0.2, -0.15) is 0 Å². The number of nitrogens with zero attached hydrogens (tertiary/aromatic N) is 3. The number of hydrogen-bond acceptors (Lipinski definition) is 4. The van der Waals surface area contributed by atoms with Crippen LogP contribution >= 0.6 is 11.6 Å². The van der Waals surface area contributed by atoms with Crippen molar-refractivity contribution in [3.05, 3.63) is 89.7 Å². The highest BCUT2D eigenvalue weighted by Gasteiger charge is 2.18. The zero-order chi connectivity index (χ0) is 25.3. The molecule has 4 rings (SSSR count). The van der Waals surface area contributed by atoms with Crippen molar-refractivity contribution in [1.29, 1.82) is 0 Å². The largest absolute Gasteiger partial charge is 0.484 e. The van der Waals surface area contributed by atoms with Crippen LogP contribution < -0.4 is 15.0 Å². The molecule has 2 amide bonds. The maximum Gasteiger partial charge on any atom is 0.257 e. The molecule has 0 spiro atoms. The van der Waals surface area contributed by atoms with Crippen LogP contribution in [-0.2, 0) is 22.6 Å². The van der Waals surface area contributed by atoms with Crippen LogP contribution in [0.2, 0.25) is 5.02 Å². The Bertz CT molecular complexity index is 1310. The average Bonchev–Trinajstić information content (AvgIpc) is 3.24. The highest BCUT2D eigenvalue weighted by Crippen LogP contribution is 2.20. The minimum absolute atomic E-state index is 0.000698. The third kappa shape index (κ3) is 6.43. The van der Waals surface area contributed by atoms with Gasteiger partial charge in [0.2, 0.25) is 5.91 Å². The van der Waals surface area contributed by atoms with Gasteiger partial charge in [0.25, 0.3) is 5.91 Å². The van der Waals surface area contributed by atoms with Gasteiger partial charge in [0.05, 0.1) is 11.0 Å². The van der Waals surface area contributed by atoms with E-state index in [-0.39, 0.29) is 25.0 Å². The van der Waals surface area contributed by atoms with Crippen molar-refractivity contribution < 1.29 is 14.3 Å². The molecule has 0 bridgehead atoms. The number of fused-ring (bicyclic) bond motifs is 1. The SMILES string of the molecule is CCN(C(=O)Cn1c(CCCNC(=O)COc2ccc(Cl)cc2)nc2ccccc21)c1ccccc1. The van der Waals surface area contributed by atoms with Gasteiger partial charge in [-0.1, -0.05) is 41.9 Å². The molecule has 4 aromatic rings. The number of carbonyl (C=O) groups excluding carboxylic acids is 2. The van der Waals surface area contributed by atoms with E-state index in [9.17, 15) is 9.59 Å². The Hall–Kier alpha value is -3.84. The number of aromatic nitrogens is 2. The minimum Gasteiger partial charge on any atom is -0.484 e. The van der Waals surface area contributed by atoms with Crippen molar-refractivity contribution >= 4 is 40.1 Å². The van der Waals surface area contributed by atoms with Crippen molar-refractivity contribution in [2.75, 3.05) is 24.6 Å². The number of para-hydroxylation sites is 3. The molecule has 0 saturated heterocycles. The Morgan fingerprint density at radius 3 is 2.47 bits per heavy atom. The van der Waals surface area contributed by atoms with E-state index in [4.69, 9.17) is 21.3 Å². The van der Waals surface area contributed by atoms with E-state index in [1.54, 1.807) is 29.2 Å². The number of imidazole rings is 1. The molecule has 0 aliphatic heterocycles. The van der Waals surface area contributed by atoms with Gasteiger partial charge in [-0.25, -0.2) is 4.98 Å². The van der Waals surface area contributed by atoms with Gasteiger partial charge in [-0.05, 0) is 61.9 Å². The van der Waals surface area contributed by atoms with Crippen molar-refractivity contribution in [3.63, 3.8) is 0 Å². The number of likely N-dealkylation sites (N-methyl/N-ethyl adjacent to an activating group) is 1. The number of aryl methyl sites for hydroxylation is 1. The smallest absolute Gasteiger partial charge is 0.257 e. The summed E-state index contributed by atoms with van der Waals surface area (Å²) in [5.41, 5.74) is 2.65. The summed E-state index contributed by atoms with van der Waals surface area (Å²) in [7, 11) is 0. The lowest BCUT2D eigenvalue weighted by Gasteiger charge is -2.22. The summed E-state index contributed by atoms with van der Waals surface area (Å²) in [6, 6.07) is 24.4. The summed E-state index contributed by atoms with van der Waals surface area (Å²) in [6.45, 7) is 3.15. The Morgan fingerprint density at radius 1 is 1.00 bits per heavy atom. The summed E-state index contributed by atoms with van der Waals surface area (Å²) in [6.07, 6.45) is 1.30. The number of anilines is 1. The highest BCUT2D eigenvalue weighted by atomic mass is 35.5. The van der Waals surface area contributed by atoms with Crippen molar-refractivity contribution in [2.24, 2.45) is 0 Å². The minimum atomic E-state index is -0.199. The number of carbonyl (C=O) groups is 2. The molecule has 8 heteroatoms. The summed E-state index contributed by atoms with van der Waals surface area (Å²) >= 11 is 5.86. The quantitative estimate of drug-likeness (QED) is 0.296. The van der Waals surface area contributed by atoms with Crippen LogP contribution in [0.15, 0.2) is 78.9 Å². The second kappa shape index (κ2) is 12.2. The van der Waals surface area contributed by atoms with Crippen LogP contribution in [0.1, 0.15) is 19.2 Å². The fourth-order valence-corrected chi connectivity index (χ4v) is 4.16. The number of ether oxygens (including phenoxy) is 1. The molecule has 3 aromatic carbocycles. The third-order valence-electron chi connectivity index (χ3n) is 5.80. The second-order valence-corrected chi connectivity index (χ2v) is 8.71. The molecule has 0 aliphatic carbocycles. The molecule has 1 aromatic heterocycles. The molecule has 0 fully saturated rings. The van der Waals surface area contributed by atoms with Crippen LogP contribution in [0.5, 0.6) is 5.75 Å². The van der Waals surface area contributed by atoms with Crippen molar-refractivity contribution in [3.8, 4) is 5.75 Å². The zero-order valence-corrected chi connectivity index (χ0v) is 20.9. The first kappa shape index (κ1) is 25.3. The van der Waals surface area contributed by atoms with Gasteiger partial charge in [-0.3, -0.25) is 9.59 Å². The standard InChI is InChI=1S/C28H29ClN4O3/c1-2-32(22-9-4-3-5-10-22)28(35)19-33-25-12-7-6-11-24(25)31-26(33)13-8-18-30-27(34)20-36-23-16-14-21(29)15-17-23/h3-7,9-12,14-17H,2,8,13,18-20H2,1H3,(H,30,34). The first-order valence-electron chi connectivity index (χ1n) is 12.0. The lowest BCUT2D eigenvalue weighted by Crippen LogP contribution is -2.34. The van der Waals surface area contributed by atoms with Crippen molar-refractivity contribution in [1.82, 2.24) is 14.9 Å². The fraction of sp³-hybridized carbons (Fsp3) is 0.250. The number of hydrogen-bond donors (Lipinski definition) is 1. The summed E-state index contributed by atoms with van der Waals surface area (Å²) in [5.74, 6) is 1.21. The number of rotatable bonds is 11. The number of benzene rings is 3. The maximum absolute atomic E-state index is 13.3. The van der Waals surface area contributed by atoms with Gasteiger partial charge in [-0.15, -0.1) is 0 Å². The molecular formula is C28H29ClN4O3. The first-order chi connectivity index (χ1) is 17.5. The van der Waals surface area contributed by atoms with E-state index < -0.39 is 0 Å². The fourth-order valence-electron chi connectivity index (χ4n) is 4.03. The van der Waals surface area contributed by atoms with Crippen LogP contribution in [-0.4, -0.2) is 41.1 Å². The Labute approximate surface area is 215 Å². The van der Waals surface area contributed by atoms with E-state index in [1.807, 2.05) is 66.1 Å². The van der Waals surface area contributed by atoms with E-state index in [0.29, 0.717) is 36.7 Å². The zero-order valence-electron chi connectivity index (χ0n) is 20.2. The van der Waals surface area contributed by atoms with Crippen LogP contribution in [0.25, 0.3) is 11.0 Å². The molecule has 0 radical (unpaired) electrons. The average molecular weight is 505 g/mol. The lowest BCUT2D eigenvalue weighted by molar-refractivity contribution is -0.123. The third-order valence-corrected chi connectivity index (χ3v) is 6.05. The molecule has 36 heavy (non-hydrogen) atoms. The molecule has 0 unspecified atom stereocenters. The molecule has 1 N–H and O–H groups in total. The number of amides is 2. The first-order valence-corrected chi connectivity index (χ1v) is 12.4. The van der Waals surface area contributed by atoms with Crippen LogP contribution in [0.4, 0.5) is 5.69 Å². The predicted molar refractivity (Wildman–Crippen MR) is 142 cm³/mol. The molecule has 0 saturated carbocycles. The van der Waals surface area contributed by atoms with Gasteiger partial charge >= 0.3 is 0 Å². The second-order valence-electron chi connectivity index (χ2n) is 8.27. The number of nitrogens with one attached hydrogen (secondary N) is 1. The van der Waals surface area contributed by atoms with Crippen LogP contribution in [0.3, 0.4) is 0 Å². The van der Waals surface area contributed by atoms with Gasteiger partial charge < -0.3 is 19.5 Å². The molecule has 1 heterocycles. The van der Waals surface area contributed by atoms with E-state index >= 15 is 0 Å². The topological polar surface area (TPSA) is 76.5 Å². The lowest BCUT2D eigenvalue weighted by atomic mass is 10.2.